The highest BCUT2D eigenvalue weighted by molar-refractivity contribution is 5.87. The number of hydrogen-bond donors (Lipinski definition) is 1. The van der Waals surface area contributed by atoms with Gasteiger partial charge in [0.05, 0.1) is 0 Å². The fourth-order valence-corrected chi connectivity index (χ4v) is 7.01. The summed E-state index contributed by atoms with van der Waals surface area (Å²) in [6.45, 7) is 14.9. The molecule has 0 aliphatic carbocycles. The normalized spacial score (nSPS) is 19.7. The zero-order chi connectivity index (χ0) is 37.9. The second-order valence-corrected chi connectivity index (χ2v) is 16.6. The summed E-state index contributed by atoms with van der Waals surface area (Å²) in [5.74, 6) is 0.177. The maximum Gasteiger partial charge on any atom is 0.410 e. The van der Waals surface area contributed by atoms with Gasteiger partial charge < -0.3 is 19.9 Å². The fraction of sp³-hybridized carbons (Fsp3) is 0.500. The number of piperidine rings is 2. The standard InChI is InChI=1S/C25H32N2O2.C19H27NO3/c1-25(2)18-23(28)22(17-21-14-7-4-8-15-21)19-27(25)24(29)26-16-10-9-13-20-11-5-3-6-12-20;1-18(2,3)23-17(22)20-13-15(16(21)12-19(20,4)5)11-14-9-7-6-8-10-14/h3-8,11-12,14-15,22H,9-10,13,16-19H2,1-2H3,(H,26,29);6-10,15H,11-13H2,1-5H3. The fourth-order valence-electron chi connectivity index (χ4n) is 7.01. The van der Waals surface area contributed by atoms with Gasteiger partial charge in [0.2, 0.25) is 0 Å². The molecule has 3 amide bonds. The molecule has 8 heteroatoms. The van der Waals surface area contributed by atoms with Crippen LogP contribution < -0.4 is 5.32 Å². The van der Waals surface area contributed by atoms with Crippen molar-refractivity contribution >= 4 is 23.7 Å². The Balaban J connectivity index is 0.000000239. The molecule has 1 N–H and O–H groups in total. The van der Waals surface area contributed by atoms with Crippen LogP contribution in [-0.4, -0.2) is 69.8 Å². The zero-order valence-electron chi connectivity index (χ0n) is 32.3. The Bertz CT molecular complexity index is 1620. The van der Waals surface area contributed by atoms with E-state index < -0.39 is 16.7 Å². The SMILES string of the molecule is CC(C)(C)OC(=O)N1CC(Cc2ccccc2)C(=O)CC1(C)C.CC1(C)CC(=O)C(Cc2ccccc2)CN1C(=O)NCCCCc1ccccc1. The molecule has 2 unspecified atom stereocenters. The van der Waals surface area contributed by atoms with Gasteiger partial charge in [-0.05, 0) is 97.3 Å². The van der Waals surface area contributed by atoms with Gasteiger partial charge in [0, 0.05) is 55.4 Å². The van der Waals surface area contributed by atoms with Crippen molar-refractivity contribution in [3.05, 3.63) is 108 Å². The average molecular weight is 710 g/mol. The number of benzene rings is 3. The van der Waals surface area contributed by atoms with Crippen LogP contribution in [0.5, 0.6) is 0 Å². The monoisotopic (exact) mass is 709 g/mol. The summed E-state index contributed by atoms with van der Waals surface area (Å²) in [5, 5.41) is 3.07. The lowest BCUT2D eigenvalue weighted by atomic mass is 9.81. The quantitative estimate of drug-likeness (QED) is 0.225. The molecule has 280 valence electrons. The molecule has 5 rings (SSSR count). The van der Waals surface area contributed by atoms with Gasteiger partial charge in [-0.1, -0.05) is 91.0 Å². The van der Waals surface area contributed by atoms with E-state index in [1.165, 1.54) is 5.56 Å². The third kappa shape index (κ3) is 12.1. The number of ether oxygens (including phenoxy) is 1. The number of Topliss-reactive ketones (excluding diaryl/α,β-unsaturated/α-hetero) is 2. The van der Waals surface area contributed by atoms with Gasteiger partial charge in [0.25, 0.3) is 0 Å². The minimum atomic E-state index is -0.538. The maximum atomic E-state index is 12.9. The zero-order valence-corrected chi connectivity index (χ0v) is 32.3. The lowest BCUT2D eigenvalue weighted by Crippen LogP contribution is -2.59. The number of carbonyl (C=O) groups is 4. The van der Waals surface area contributed by atoms with Gasteiger partial charge in [-0.3, -0.25) is 9.59 Å². The van der Waals surface area contributed by atoms with E-state index in [9.17, 15) is 19.2 Å². The molecular formula is C44H59N3O5. The predicted molar refractivity (Wildman–Crippen MR) is 207 cm³/mol. The molecule has 2 fully saturated rings. The van der Waals surface area contributed by atoms with E-state index in [1.807, 2.05) is 120 Å². The Kier molecular flexibility index (Phi) is 13.8. The highest BCUT2D eigenvalue weighted by atomic mass is 16.6. The molecular weight excluding hydrogens is 650 g/mol. The summed E-state index contributed by atoms with van der Waals surface area (Å²) in [6.07, 6.45) is 4.80. The molecule has 0 spiro atoms. The largest absolute Gasteiger partial charge is 0.444 e. The van der Waals surface area contributed by atoms with Crippen LogP contribution in [0.25, 0.3) is 0 Å². The van der Waals surface area contributed by atoms with Crippen LogP contribution in [0.3, 0.4) is 0 Å². The molecule has 2 aliphatic heterocycles. The first-order valence-corrected chi connectivity index (χ1v) is 18.8. The minimum Gasteiger partial charge on any atom is -0.444 e. The summed E-state index contributed by atoms with van der Waals surface area (Å²) < 4.78 is 5.52. The summed E-state index contributed by atoms with van der Waals surface area (Å²) in [7, 11) is 0. The van der Waals surface area contributed by atoms with Crippen molar-refractivity contribution in [2.24, 2.45) is 11.8 Å². The number of nitrogens with zero attached hydrogens (tertiary/aromatic N) is 2. The van der Waals surface area contributed by atoms with E-state index in [4.69, 9.17) is 4.74 Å². The molecule has 0 aromatic heterocycles. The van der Waals surface area contributed by atoms with E-state index in [-0.39, 0.29) is 35.5 Å². The third-order valence-electron chi connectivity index (χ3n) is 9.91. The van der Waals surface area contributed by atoms with Crippen molar-refractivity contribution in [2.45, 2.75) is 110 Å². The lowest BCUT2D eigenvalue weighted by molar-refractivity contribution is -0.131. The molecule has 2 aliphatic rings. The number of hydrogen-bond acceptors (Lipinski definition) is 5. The van der Waals surface area contributed by atoms with E-state index in [1.54, 1.807) is 4.90 Å². The highest BCUT2D eigenvalue weighted by Gasteiger charge is 2.44. The number of likely N-dealkylation sites (tertiary alicyclic amines) is 2. The minimum absolute atomic E-state index is 0.0553. The number of unbranched alkanes of at least 4 members (excludes halogenated alkanes) is 1. The van der Waals surface area contributed by atoms with Crippen LogP contribution in [-0.2, 0) is 33.6 Å². The summed E-state index contributed by atoms with van der Waals surface area (Å²) >= 11 is 0. The molecule has 3 aromatic carbocycles. The van der Waals surface area contributed by atoms with E-state index in [0.29, 0.717) is 45.3 Å². The van der Waals surface area contributed by atoms with Crippen LogP contribution in [0.2, 0.25) is 0 Å². The van der Waals surface area contributed by atoms with Gasteiger partial charge >= 0.3 is 12.1 Å². The van der Waals surface area contributed by atoms with Gasteiger partial charge in [-0.2, -0.15) is 0 Å². The average Bonchev–Trinajstić information content (AvgIpc) is 3.07. The smallest absolute Gasteiger partial charge is 0.410 e. The van der Waals surface area contributed by atoms with Crippen molar-refractivity contribution < 1.29 is 23.9 Å². The van der Waals surface area contributed by atoms with Crippen molar-refractivity contribution in [1.82, 2.24) is 15.1 Å². The van der Waals surface area contributed by atoms with Crippen molar-refractivity contribution in [3.63, 3.8) is 0 Å². The maximum absolute atomic E-state index is 12.9. The number of urea groups is 1. The molecule has 0 bridgehead atoms. The number of rotatable bonds is 9. The lowest BCUT2D eigenvalue weighted by Gasteiger charge is -2.44. The Morgan fingerprint density at radius 2 is 1.10 bits per heavy atom. The van der Waals surface area contributed by atoms with E-state index in [0.717, 1.165) is 30.4 Å². The van der Waals surface area contributed by atoms with Crippen LogP contribution in [0.15, 0.2) is 91.0 Å². The molecule has 2 atom stereocenters. The van der Waals surface area contributed by atoms with Crippen LogP contribution in [0.4, 0.5) is 9.59 Å². The number of aryl methyl sites for hydroxylation is 1. The predicted octanol–water partition coefficient (Wildman–Crippen LogP) is 8.47. The molecule has 0 saturated carbocycles. The van der Waals surface area contributed by atoms with Crippen LogP contribution >= 0.6 is 0 Å². The first-order valence-electron chi connectivity index (χ1n) is 18.8. The van der Waals surface area contributed by atoms with Crippen LogP contribution in [0, 0.1) is 11.8 Å². The highest BCUT2D eigenvalue weighted by Crippen LogP contribution is 2.32. The molecule has 52 heavy (non-hydrogen) atoms. The Labute approximate surface area is 311 Å². The van der Waals surface area contributed by atoms with Crippen molar-refractivity contribution in [3.8, 4) is 0 Å². The number of nitrogens with one attached hydrogen (secondary N) is 1. The molecule has 2 heterocycles. The van der Waals surface area contributed by atoms with Gasteiger partial charge in [0.15, 0.2) is 0 Å². The number of amides is 3. The molecule has 0 radical (unpaired) electrons. The first-order chi connectivity index (χ1) is 24.5. The Hall–Kier alpha value is -4.46. The topological polar surface area (TPSA) is 96.0 Å². The second kappa shape index (κ2) is 17.8. The number of ketones is 2. The molecule has 2 saturated heterocycles. The van der Waals surface area contributed by atoms with E-state index in [2.05, 4.69) is 29.6 Å². The van der Waals surface area contributed by atoms with Crippen LogP contribution in [0.1, 0.15) is 90.8 Å². The van der Waals surface area contributed by atoms with Gasteiger partial charge in [-0.15, -0.1) is 0 Å². The van der Waals surface area contributed by atoms with Crippen molar-refractivity contribution in [1.29, 1.82) is 0 Å². The summed E-state index contributed by atoms with van der Waals surface area (Å²) in [5.41, 5.74) is 2.11. The van der Waals surface area contributed by atoms with E-state index >= 15 is 0 Å². The summed E-state index contributed by atoms with van der Waals surface area (Å²) in [4.78, 5) is 54.1. The van der Waals surface area contributed by atoms with Crippen molar-refractivity contribution in [2.75, 3.05) is 19.6 Å². The van der Waals surface area contributed by atoms with Gasteiger partial charge in [-0.25, -0.2) is 9.59 Å². The molecule has 3 aromatic rings. The third-order valence-corrected chi connectivity index (χ3v) is 9.91. The van der Waals surface area contributed by atoms with Gasteiger partial charge in [0.1, 0.15) is 17.2 Å². The Morgan fingerprint density at radius 3 is 1.56 bits per heavy atom. The number of carbonyl (C=O) groups excluding carboxylic acids is 4. The second-order valence-electron chi connectivity index (χ2n) is 16.6. The Morgan fingerprint density at radius 1 is 0.673 bits per heavy atom. The molecule has 8 nitrogen and oxygen atoms in total. The summed E-state index contributed by atoms with van der Waals surface area (Å²) in [6, 6.07) is 30.4. The first kappa shape index (κ1) is 40.3.